The number of esters is 1. The highest BCUT2D eigenvalue weighted by atomic mass is 16.6. The molecule has 1 saturated heterocycles. The predicted octanol–water partition coefficient (Wildman–Crippen LogP) is 2.77. The van der Waals surface area contributed by atoms with E-state index in [2.05, 4.69) is 0 Å². The number of hydrogen-bond donors (Lipinski definition) is 0. The summed E-state index contributed by atoms with van der Waals surface area (Å²) in [6, 6.07) is 7.48. The van der Waals surface area contributed by atoms with Crippen LogP contribution in [0.15, 0.2) is 29.1 Å². The summed E-state index contributed by atoms with van der Waals surface area (Å²) in [7, 11) is 1.65. The summed E-state index contributed by atoms with van der Waals surface area (Å²) in [4.78, 5) is 41.8. The Morgan fingerprint density at radius 2 is 1.70 bits per heavy atom. The number of carbonyl (C=O) groups excluding carboxylic acids is 2. The van der Waals surface area contributed by atoms with Crippen molar-refractivity contribution in [3.8, 4) is 0 Å². The second-order valence-corrected chi connectivity index (χ2v) is 8.28. The topological polar surface area (TPSA) is 81.1 Å². The highest BCUT2D eigenvalue weighted by molar-refractivity contribution is 6.05. The van der Waals surface area contributed by atoms with E-state index in [0.29, 0.717) is 31.9 Å². The zero-order chi connectivity index (χ0) is 22.1. The number of aromatic nitrogens is 1. The molecule has 0 N–H and O–H groups in total. The maximum Gasteiger partial charge on any atom is 0.410 e. The van der Waals surface area contributed by atoms with Gasteiger partial charge in [-0.2, -0.15) is 0 Å². The predicted molar refractivity (Wildman–Crippen MR) is 115 cm³/mol. The molecule has 0 radical (unpaired) electrons. The number of pyridine rings is 1. The molecule has 0 saturated carbocycles. The molecule has 3 rings (SSSR count). The lowest BCUT2D eigenvalue weighted by atomic mass is 10.1. The van der Waals surface area contributed by atoms with Crippen LogP contribution in [-0.2, 0) is 16.5 Å². The van der Waals surface area contributed by atoms with Crippen LogP contribution in [0, 0.1) is 0 Å². The largest absolute Gasteiger partial charge is 0.462 e. The molecule has 2 heterocycles. The molecular weight excluding hydrogens is 386 g/mol. The number of para-hydroxylation sites is 1. The van der Waals surface area contributed by atoms with E-state index in [1.165, 1.54) is 4.57 Å². The summed E-state index contributed by atoms with van der Waals surface area (Å²) in [5.41, 5.74) is 0.379. The first-order chi connectivity index (χ1) is 14.1. The van der Waals surface area contributed by atoms with Gasteiger partial charge in [0.05, 0.1) is 17.8 Å². The SMILES string of the molecule is CCOC(=O)c1c(N2CCN(C(=O)OC(C)(C)C)CC2)c2ccccc2n(C)c1=O. The second-order valence-electron chi connectivity index (χ2n) is 8.28. The van der Waals surface area contributed by atoms with Gasteiger partial charge in [0, 0.05) is 38.6 Å². The Morgan fingerprint density at radius 1 is 1.07 bits per heavy atom. The lowest BCUT2D eigenvalue weighted by molar-refractivity contribution is 0.0239. The molecule has 1 aliphatic heterocycles. The third kappa shape index (κ3) is 4.27. The molecule has 0 bridgehead atoms. The van der Waals surface area contributed by atoms with Gasteiger partial charge in [0.25, 0.3) is 5.56 Å². The molecule has 1 fully saturated rings. The van der Waals surface area contributed by atoms with E-state index in [4.69, 9.17) is 9.47 Å². The van der Waals surface area contributed by atoms with E-state index >= 15 is 0 Å². The smallest absolute Gasteiger partial charge is 0.410 e. The van der Waals surface area contributed by atoms with E-state index in [0.717, 1.165) is 10.9 Å². The number of amides is 1. The number of anilines is 1. The third-order valence-electron chi connectivity index (χ3n) is 5.00. The van der Waals surface area contributed by atoms with Crippen molar-refractivity contribution in [2.24, 2.45) is 7.05 Å². The van der Waals surface area contributed by atoms with Crippen molar-refractivity contribution in [2.75, 3.05) is 37.7 Å². The standard InChI is InChI=1S/C22H29N3O5/c1-6-29-20(27)17-18(15-9-7-8-10-16(15)23(5)19(17)26)24-11-13-25(14-12-24)21(28)30-22(2,3)4/h7-10H,6,11-14H2,1-5H3. The van der Waals surface area contributed by atoms with Crippen molar-refractivity contribution in [3.63, 3.8) is 0 Å². The molecule has 1 aromatic heterocycles. The number of aryl methyl sites for hydroxylation is 1. The summed E-state index contributed by atoms with van der Waals surface area (Å²) in [5.74, 6) is -0.631. The average Bonchev–Trinajstić information content (AvgIpc) is 2.69. The number of piperazine rings is 1. The van der Waals surface area contributed by atoms with Gasteiger partial charge in [-0.1, -0.05) is 18.2 Å². The zero-order valence-corrected chi connectivity index (χ0v) is 18.2. The van der Waals surface area contributed by atoms with Crippen LogP contribution in [0.4, 0.5) is 10.5 Å². The lowest BCUT2D eigenvalue weighted by Gasteiger charge is -2.37. The third-order valence-corrected chi connectivity index (χ3v) is 5.00. The normalized spacial score (nSPS) is 14.7. The Hall–Kier alpha value is -3.03. The molecule has 0 atom stereocenters. The Balaban J connectivity index is 1.99. The van der Waals surface area contributed by atoms with E-state index in [-0.39, 0.29) is 18.3 Å². The molecule has 162 valence electrons. The molecule has 30 heavy (non-hydrogen) atoms. The van der Waals surface area contributed by atoms with Crippen molar-refractivity contribution in [1.29, 1.82) is 0 Å². The van der Waals surface area contributed by atoms with Gasteiger partial charge in [0.1, 0.15) is 11.2 Å². The molecule has 2 aromatic rings. The van der Waals surface area contributed by atoms with Gasteiger partial charge in [-0.3, -0.25) is 4.79 Å². The minimum atomic E-state index is -0.631. The van der Waals surface area contributed by atoms with Crippen molar-refractivity contribution in [3.05, 3.63) is 40.2 Å². The van der Waals surface area contributed by atoms with Crippen LogP contribution in [-0.4, -0.2) is 59.9 Å². The summed E-state index contributed by atoms with van der Waals surface area (Å²) in [6.07, 6.45) is -0.360. The summed E-state index contributed by atoms with van der Waals surface area (Å²) in [5, 5.41) is 0.799. The Labute approximate surface area is 176 Å². The molecule has 1 aromatic carbocycles. The molecule has 0 spiro atoms. The average molecular weight is 415 g/mol. The number of ether oxygens (including phenoxy) is 2. The lowest BCUT2D eigenvalue weighted by Crippen LogP contribution is -2.51. The van der Waals surface area contributed by atoms with Gasteiger partial charge >= 0.3 is 12.1 Å². The van der Waals surface area contributed by atoms with E-state index in [9.17, 15) is 14.4 Å². The first-order valence-corrected chi connectivity index (χ1v) is 10.2. The van der Waals surface area contributed by atoms with Gasteiger partial charge in [-0.05, 0) is 33.8 Å². The van der Waals surface area contributed by atoms with Crippen molar-refractivity contribution >= 4 is 28.7 Å². The Kier molecular flexibility index (Phi) is 6.05. The first-order valence-electron chi connectivity index (χ1n) is 10.2. The summed E-state index contributed by atoms with van der Waals surface area (Å²) >= 11 is 0. The second kappa shape index (κ2) is 8.38. The van der Waals surface area contributed by atoms with Crippen molar-refractivity contribution in [2.45, 2.75) is 33.3 Å². The molecule has 0 unspecified atom stereocenters. The number of carbonyl (C=O) groups is 2. The van der Waals surface area contributed by atoms with E-state index in [1.54, 1.807) is 18.9 Å². The molecule has 0 aliphatic carbocycles. The fraction of sp³-hybridized carbons (Fsp3) is 0.500. The molecule has 1 amide bonds. The van der Waals surface area contributed by atoms with Crippen LogP contribution in [0.2, 0.25) is 0 Å². The van der Waals surface area contributed by atoms with E-state index < -0.39 is 17.1 Å². The van der Waals surface area contributed by atoms with Crippen LogP contribution >= 0.6 is 0 Å². The van der Waals surface area contributed by atoms with Crippen molar-refractivity contribution in [1.82, 2.24) is 9.47 Å². The van der Waals surface area contributed by atoms with Crippen LogP contribution in [0.25, 0.3) is 10.9 Å². The van der Waals surface area contributed by atoms with Gasteiger partial charge in [0.15, 0.2) is 0 Å². The maximum atomic E-state index is 13.0. The highest BCUT2D eigenvalue weighted by Crippen LogP contribution is 2.30. The number of nitrogens with zero attached hydrogens (tertiary/aromatic N) is 3. The first kappa shape index (κ1) is 21.7. The monoisotopic (exact) mass is 415 g/mol. The number of hydrogen-bond acceptors (Lipinski definition) is 6. The van der Waals surface area contributed by atoms with Gasteiger partial charge in [-0.25, -0.2) is 9.59 Å². The minimum absolute atomic E-state index is 0.0313. The van der Waals surface area contributed by atoms with E-state index in [1.807, 2.05) is 49.9 Å². The highest BCUT2D eigenvalue weighted by Gasteiger charge is 2.30. The van der Waals surface area contributed by atoms with Crippen LogP contribution < -0.4 is 10.5 Å². The van der Waals surface area contributed by atoms with Crippen LogP contribution in [0.3, 0.4) is 0 Å². The van der Waals surface area contributed by atoms with Gasteiger partial charge in [0.2, 0.25) is 0 Å². The fourth-order valence-electron chi connectivity index (χ4n) is 3.63. The number of rotatable bonds is 3. The molecule has 8 nitrogen and oxygen atoms in total. The molecule has 8 heteroatoms. The zero-order valence-electron chi connectivity index (χ0n) is 18.2. The Morgan fingerprint density at radius 3 is 2.30 bits per heavy atom. The number of fused-ring (bicyclic) bond motifs is 1. The van der Waals surface area contributed by atoms with Crippen LogP contribution in [0.5, 0.6) is 0 Å². The Bertz CT molecular complexity index is 1010. The summed E-state index contributed by atoms with van der Waals surface area (Å²) in [6.45, 7) is 9.20. The minimum Gasteiger partial charge on any atom is -0.462 e. The maximum absolute atomic E-state index is 13.0. The molecular formula is C22H29N3O5. The quantitative estimate of drug-likeness (QED) is 0.717. The van der Waals surface area contributed by atoms with Crippen LogP contribution in [0.1, 0.15) is 38.1 Å². The van der Waals surface area contributed by atoms with Gasteiger partial charge in [-0.15, -0.1) is 0 Å². The van der Waals surface area contributed by atoms with Gasteiger partial charge < -0.3 is 23.8 Å². The summed E-state index contributed by atoms with van der Waals surface area (Å²) < 4.78 is 12.1. The van der Waals surface area contributed by atoms with Crippen molar-refractivity contribution < 1.29 is 19.1 Å². The number of benzene rings is 1. The fourth-order valence-corrected chi connectivity index (χ4v) is 3.63. The molecule has 1 aliphatic rings.